The van der Waals surface area contributed by atoms with Crippen LogP contribution >= 0.6 is 11.8 Å². The Morgan fingerprint density at radius 2 is 1.70 bits per heavy atom. The molecule has 5 nitrogen and oxygen atoms in total. The van der Waals surface area contributed by atoms with E-state index in [2.05, 4.69) is 50.4 Å². The second-order valence-corrected chi connectivity index (χ2v) is 8.56. The molecule has 2 aromatic rings. The van der Waals surface area contributed by atoms with Crippen LogP contribution in [0.25, 0.3) is 0 Å². The van der Waals surface area contributed by atoms with Crippen LogP contribution in [0.5, 0.6) is 0 Å². The number of hydrogen-bond donors (Lipinski definition) is 1. The molecular formula is C21H26N2O3S. The first-order valence-electron chi connectivity index (χ1n) is 8.87. The van der Waals surface area contributed by atoms with Crippen molar-refractivity contribution in [2.24, 2.45) is 0 Å². The molecule has 0 bridgehead atoms. The number of rotatable bonds is 7. The van der Waals surface area contributed by atoms with E-state index in [1.807, 2.05) is 6.92 Å². The maximum absolute atomic E-state index is 12.2. The van der Waals surface area contributed by atoms with Crippen LogP contribution in [0.3, 0.4) is 0 Å². The van der Waals surface area contributed by atoms with Crippen molar-refractivity contribution in [3.05, 3.63) is 75.3 Å². The Morgan fingerprint density at radius 3 is 2.22 bits per heavy atom. The van der Waals surface area contributed by atoms with Crippen molar-refractivity contribution in [3.63, 3.8) is 0 Å². The van der Waals surface area contributed by atoms with E-state index in [0.29, 0.717) is 11.5 Å². The Balaban J connectivity index is 1.80. The molecule has 0 aliphatic heterocycles. The first-order valence-corrected chi connectivity index (χ1v) is 10.0. The monoisotopic (exact) mass is 386 g/mol. The molecular weight excluding hydrogens is 360 g/mol. The van der Waals surface area contributed by atoms with Crippen LogP contribution in [0.1, 0.15) is 50.4 Å². The van der Waals surface area contributed by atoms with Crippen LogP contribution in [0.15, 0.2) is 48.5 Å². The largest absolute Gasteiger partial charge is 0.349 e. The summed E-state index contributed by atoms with van der Waals surface area (Å²) >= 11 is 1.49. The number of non-ortho nitro benzene ring substituents is 1. The SMILES string of the molecule is C[C@@H](NC(=O)CSCc1ccc([N+](=O)[O-])cc1)c1ccc(C(C)(C)C)cc1. The molecule has 0 spiro atoms. The number of amides is 1. The predicted molar refractivity (Wildman–Crippen MR) is 111 cm³/mol. The highest BCUT2D eigenvalue weighted by Crippen LogP contribution is 2.24. The zero-order valence-electron chi connectivity index (χ0n) is 16.2. The molecule has 0 fully saturated rings. The van der Waals surface area contributed by atoms with Gasteiger partial charge in [-0.15, -0.1) is 11.8 Å². The van der Waals surface area contributed by atoms with Gasteiger partial charge in [0.1, 0.15) is 0 Å². The molecule has 0 saturated heterocycles. The summed E-state index contributed by atoms with van der Waals surface area (Å²) in [5, 5.41) is 13.7. The lowest BCUT2D eigenvalue weighted by Gasteiger charge is -2.20. The van der Waals surface area contributed by atoms with Crippen molar-refractivity contribution in [2.75, 3.05) is 5.75 Å². The molecule has 2 aromatic carbocycles. The maximum Gasteiger partial charge on any atom is 0.269 e. The molecule has 1 N–H and O–H groups in total. The van der Waals surface area contributed by atoms with E-state index in [-0.39, 0.29) is 23.1 Å². The number of nitrogens with one attached hydrogen (secondary N) is 1. The first-order chi connectivity index (χ1) is 12.7. The smallest absolute Gasteiger partial charge is 0.269 e. The van der Waals surface area contributed by atoms with Gasteiger partial charge in [0.2, 0.25) is 5.91 Å². The number of carbonyl (C=O) groups excluding carboxylic acids is 1. The Kier molecular flexibility index (Phi) is 7.02. The van der Waals surface area contributed by atoms with E-state index in [1.54, 1.807) is 12.1 Å². The van der Waals surface area contributed by atoms with E-state index in [4.69, 9.17) is 0 Å². The molecule has 27 heavy (non-hydrogen) atoms. The number of carbonyl (C=O) groups is 1. The van der Waals surface area contributed by atoms with Crippen molar-refractivity contribution in [1.29, 1.82) is 0 Å². The van der Waals surface area contributed by atoms with Crippen LogP contribution in [0.4, 0.5) is 5.69 Å². The molecule has 144 valence electrons. The summed E-state index contributed by atoms with van der Waals surface area (Å²) in [6.45, 7) is 8.51. The molecule has 0 saturated carbocycles. The molecule has 0 unspecified atom stereocenters. The first kappa shape index (κ1) is 21.0. The summed E-state index contributed by atoms with van der Waals surface area (Å²) in [6.07, 6.45) is 0. The highest BCUT2D eigenvalue weighted by Gasteiger charge is 2.15. The maximum atomic E-state index is 12.2. The third-order valence-electron chi connectivity index (χ3n) is 4.30. The van der Waals surface area contributed by atoms with Crippen LogP contribution in [-0.2, 0) is 16.0 Å². The lowest BCUT2D eigenvalue weighted by atomic mass is 9.86. The molecule has 0 aliphatic rings. The standard InChI is InChI=1S/C21H26N2O3S/c1-15(17-7-9-18(10-8-17)21(2,3)4)22-20(24)14-27-13-16-5-11-19(12-6-16)23(25)26/h5-12,15H,13-14H2,1-4H3,(H,22,24)/t15-/m1/s1. The number of nitro groups is 1. The summed E-state index contributed by atoms with van der Waals surface area (Å²) < 4.78 is 0. The van der Waals surface area contributed by atoms with Gasteiger partial charge >= 0.3 is 0 Å². The summed E-state index contributed by atoms with van der Waals surface area (Å²) in [7, 11) is 0. The fourth-order valence-electron chi connectivity index (χ4n) is 2.61. The number of hydrogen-bond acceptors (Lipinski definition) is 4. The van der Waals surface area contributed by atoms with Crippen LogP contribution in [0, 0.1) is 10.1 Å². The van der Waals surface area contributed by atoms with Crippen molar-refractivity contribution < 1.29 is 9.72 Å². The quantitative estimate of drug-likeness (QED) is 0.537. The molecule has 1 amide bonds. The zero-order chi connectivity index (χ0) is 20.0. The molecule has 0 radical (unpaired) electrons. The van der Waals surface area contributed by atoms with Gasteiger partial charge in [-0.2, -0.15) is 0 Å². The van der Waals surface area contributed by atoms with Crippen molar-refractivity contribution in [2.45, 2.75) is 44.9 Å². The fourth-order valence-corrected chi connectivity index (χ4v) is 3.41. The van der Waals surface area contributed by atoms with E-state index in [1.165, 1.54) is 29.5 Å². The van der Waals surface area contributed by atoms with Gasteiger partial charge in [-0.1, -0.05) is 57.2 Å². The second kappa shape index (κ2) is 9.04. The van der Waals surface area contributed by atoms with Crippen LogP contribution in [0.2, 0.25) is 0 Å². The molecule has 0 heterocycles. The summed E-state index contributed by atoms with van der Waals surface area (Å²) in [5.74, 6) is 0.968. The molecule has 1 atom stereocenters. The number of thioether (sulfide) groups is 1. The van der Waals surface area contributed by atoms with E-state index in [9.17, 15) is 14.9 Å². The van der Waals surface area contributed by atoms with Gasteiger partial charge in [0.25, 0.3) is 5.69 Å². The Bertz CT molecular complexity index is 781. The second-order valence-electron chi connectivity index (χ2n) is 7.58. The fraction of sp³-hybridized carbons (Fsp3) is 0.381. The summed E-state index contributed by atoms with van der Waals surface area (Å²) in [6, 6.07) is 14.7. The van der Waals surface area contributed by atoms with Crippen LogP contribution < -0.4 is 5.32 Å². The highest BCUT2D eigenvalue weighted by molar-refractivity contribution is 7.99. The van der Waals surface area contributed by atoms with Gasteiger partial charge in [-0.25, -0.2) is 0 Å². The van der Waals surface area contributed by atoms with Crippen molar-refractivity contribution >= 4 is 23.4 Å². The Hall–Kier alpha value is -2.34. The van der Waals surface area contributed by atoms with Crippen molar-refractivity contribution in [1.82, 2.24) is 5.32 Å². The number of nitro benzene ring substituents is 1. The van der Waals surface area contributed by atoms with Gasteiger partial charge in [0, 0.05) is 17.9 Å². The molecule has 0 aromatic heterocycles. The lowest BCUT2D eigenvalue weighted by Crippen LogP contribution is -2.28. The van der Waals surface area contributed by atoms with Gasteiger partial charge in [-0.3, -0.25) is 14.9 Å². The van der Waals surface area contributed by atoms with E-state index in [0.717, 1.165) is 11.1 Å². The Labute approximate surface area is 164 Å². The minimum atomic E-state index is -0.417. The minimum absolute atomic E-state index is 0.0192. The molecule has 2 rings (SSSR count). The number of nitrogens with zero attached hydrogens (tertiary/aromatic N) is 1. The average Bonchev–Trinajstić information content (AvgIpc) is 2.61. The zero-order valence-corrected chi connectivity index (χ0v) is 17.0. The van der Waals surface area contributed by atoms with E-state index < -0.39 is 4.92 Å². The average molecular weight is 387 g/mol. The normalized spacial score (nSPS) is 12.4. The summed E-state index contributed by atoms with van der Waals surface area (Å²) in [4.78, 5) is 22.4. The molecule has 0 aliphatic carbocycles. The van der Waals surface area contributed by atoms with Gasteiger partial charge in [0.05, 0.1) is 16.7 Å². The third kappa shape index (κ3) is 6.40. The highest BCUT2D eigenvalue weighted by atomic mass is 32.2. The minimum Gasteiger partial charge on any atom is -0.349 e. The third-order valence-corrected chi connectivity index (χ3v) is 5.31. The summed E-state index contributed by atoms with van der Waals surface area (Å²) in [5.41, 5.74) is 3.50. The number of benzene rings is 2. The van der Waals surface area contributed by atoms with Gasteiger partial charge < -0.3 is 5.32 Å². The Morgan fingerprint density at radius 1 is 1.11 bits per heavy atom. The van der Waals surface area contributed by atoms with Gasteiger partial charge in [0.15, 0.2) is 0 Å². The predicted octanol–water partition coefficient (Wildman–Crippen LogP) is 5.00. The van der Waals surface area contributed by atoms with Gasteiger partial charge in [-0.05, 0) is 29.0 Å². The van der Waals surface area contributed by atoms with E-state index >= 15 is 0 Å². The van der Waals surface area contributed by atoms with Crippen molar-refractivity contribution in [3.8, 4) is 0 Å². The molecule has 6 heteroatoms. The van der Waals surface area contributed by atoms with Crippen LogP contribution in [-0.4, -0.2) is 16.6 Å². The lowest BCUT2D eigenvalue weighted by molar-refractivity contribution is -0.384. The topological polar surface area (TPSA) is 72.2 Å².